The number of aromatic hydroxyl groups is 1. The van der Waals surface area contributed by atoms with Crippen molar-refractivity contribution in [2.75, 3.05) is 0 Å². The quantitative estimate of drug-likeness (QED) is 0.672. The summed E-state index contributed by atoms with van der Waals surface area (Å²) < 4.78 is 1.24. The van der Waals surface area contributed by atoms with Crippen molar-refractivity contribution in [2.24, 2.45) is 0 Å². The van der Waals surface area contributed by atoms with E-state index in [0.717, 1.165) is 5.56 Å². The van der Waals surface area contributed by atoms with Crippen LogP contribution in [0.1, 0.15) is 0 Å². The molecule has 0 spiro atoms. The van der Waals surface area contributed by atoms with E-state index < -0.39 is 0 Å². The van der Waals surface area contributed by atoms with Crippen molar-refractivity contribution in [1.29, 1.82) is 0 Å². The van der Waals surface area contributed by atoms with Crippen LogP contribution in [0.4, 0.5) is 0 Å². The maximum Gasteiger partial charge on any atom is 0.260 e. The van der Waals surface area contributed by atoms with E-state index in [1.807, 2.05) is 30.3 Å². The van der Waals surface area contributed by atoms with E-state index in [1.165, 1.54) is 4.09 Å². The van der Waals surface area contributed by atoms with Crippen LogP contribution in [0.2, 0.25) is 0 Å². The van der Waals surface area contributed by atoms with Crippen LogP contribution >= 0.6 is 12.8 Å². The lowest BCUT2D eigenvalue weighted by molar-refractivity contribution is 0.454. The number of thiol groups is 1. The molecule has 1 aromatic heterocycles. The molecule has 0 aliphatic rings. The third-order valence-electron chi connectivity index (χ3n) is 1.68. The summed E-state index contributed by atoms with van der Waals surface area (Å²) in [5, 5.41) is 16.4. The van der Waals surface area contributed by atoms with Crippen LogP contribution in [0.15, 0.2) is 30.3 Å². The third-order valence-corrected chi connectivity index (χ3v) is 1.96. The summed E-state index contributed by atoms with van der Waals surface area (Å²) in [5.74, 6) is -0.110. The number of rotatable bonds is 1. The van der Waals surface area contributed by atoms with Gasteiger partial charge < -0.3 is 5.11 Å². The summed E-state index contributed by atoms with van der Waals surface area (Å²) >= 11 is 4.01. The Kier molecular flexibility index (Phi) is 1.94. The molecule has 66 valence electrons. The Morgan fingerprint density at radius 2 is 1.92 bits per heavy atom. The molecular formula is C8H7N3OS. The second-order valence-corrected chi connectivity index (χ2v) is 2.90. The molecule has 0 atom stereocenters. The summed E-state index contributed by atoms with van der Waals surface area (Å²) in [4.78, 5) is 0. The highest BCUT2D eigenvalue weighted by Crippen LogP contribution is 2.26. The van der Waals surface area contributed by atoms with Gasteiger partial charge in [0.25, 0.3) is 5.88 Å². The molecule has 0 aliphatic heterocycles. The zero-order valence-electron chi connectivity index (χ0n) is 6.62. The lowest BCUT2D eigenvalue weighted by Crippen LogP contribution is -1.86. The van der Waals surface area contributed by atoms with Crippen molar-refractivity contribution < 1.29 is 5.11 Å². The summed E-state index contributed by atoms with van der Waals surface area (Å²) in [6.07, 6.45) is 0. The molecular weight excluding hydrogens is 186 g/mol. The maximum absolute atomic E-state index is 9.34. The van der Waals surface area contributed by atoms with Gasteiger partial charge in [0.15, 0.2) is 0 Å². The fraction of sp³-hybridized carbons (Fsp3) is 0. The summed E-state index contributed by atoms with van der Waals surface area (Å²) in [6, 6.07) is 9.34. The van der Waals surface area contributed by atoms with Crippen LogP contribution in [0.5, 0.6) is 5.88 Å². The average Bonchev–Trinajstić information content (AvgIpc) is 2.48. The lowest BCUT2D eigenvalue weighted by Gasteiger charge is -1.98. The molecule has 0 fully saturated rings. The fourth-order valence-electron chi connectivity index (χ4n) is 1.11. The summed E-state index contributed by atoms with van der Waals surface area (Å²) in [5.41, 5.74) is 1.34. The van der Waals surface area contributed by atoms with E-state index in [1.54, 1.807) is 0 Å². The van der Waals surface area contributed by atoms with Gasteiger partial charge in [-0.2, -0.15) is 4.09 Å². The Hall–Kier alpha value is -1.49. The van der Waals surface area contributed by atoms with Gasteiger partial charge in [-0.3, -0.25) is 0 Å². The first-order chi connectivity index (χ1) is 6.29. The molecule has 2 rings (SSSR count). The minimum absolute atomic E-state index is 0.110. The van der Waals surface area contributed by atoms with Crippen LogP contribution in [0.25, 0.3) is 11.3 Å². The first-order valence-electron chi connectivity index (χ1n) is 3.68. The Morgan fingerprint density at radius 3 is 2.46 bits per heavy atom. The number of hydrogen-bond acceptors (Lipinski definition) is 4. The molecule has 0 amide bonds. The Labute approximate surface area is 80.4 Å². The minimum Gasteiger partial charge on any atom is -0.491 e. The van der Waals surface area contributed by atoms with E-state index in [2.05, 4.69) is 23.1 Å². The van der Waals surface area contributed by atoms with Gasteiger partial charge in [-0.15, -0.1) is 0 Å². The Morgan fingerprint density at radius 1 is 1.23 bits per heavy atom. The molecule has 1 heterocycles. The van der Waals surface area contributed by atoms with E-state index in [9.17, 15) is 5.11 Å². The van der Waals surface area contributed by atoms with Gasteiger partial charge in [-0.1, -0.05) is 40.6 Å². The first kappa shape index (κ1) is 8.12. The van der Waals surface area contributed by atoms with Gasteiger partial charge in [-0.25, -0.2) is 0 Å². The molecule has 1 N–H and O–H groups in total. The predicted octanol–water partition coefficient (Wildman–Crippen LogP) is 1.34. The van der Waals surface area contributed by atoms with Crippen LogP contribution in [0, 0.1) is 0 Å². The SMILES string of the molecule is Oc1nnn(S)c1-c1ccccc1. The number of aromatic nitrogens is 3. The van der Waals surface area contributed by atoms with Crippen LogP contribution in [0.3, 0.4) is 0 Å². The van der Waals surface area contributed by atoms with Gasteiger partial charge in [0.05, 0.1) is 0 Å². The van der Waals surface area contributed by atoms with Crippen LogP contribution in [-0.4, -0.2) is 19.5 Å². The molecule has 2 aromatic rings. The number of nitrogens with zero attached hydrogens (tertiary/aromatic N) is 3. The van der Waals surface area contributed by atoms with Gasteiger partial charge >= 0.3 is 0 Å². The number of benzene rings is 1. The van der Waals surface area contributed by atoms with Gasteiger partial charge in [0.1, 0.15) is 5.69 Å². The lowest BCUT2D eigenvalue weighted by atomic mass is 10.2. The smallest absolute Gasteiger partial charge is 0.260 e. The second kappa shape index (κ2) is 3.10. The minimum atomic E-state index is -0.110. The molecule has 5 heteroatoms. The van der Waals surface area contributed by atoms with Crippen molar-refractivity contribution >= 4 is 12.8 Å². The second-order valence-electron chi connectivity index (χ2n) is 2.52. The molecule has 0 bridgehead atoms. The van der Waals surface area contributed by atoms with Gasteiger partial charge in [0.2, 0.25) is 0 Å². The highest BCUT2D eigenvalue weighted by molar-refractivity contribution is 7.78. The highest BCUT2D eigenvalue weighted by Gasteiger charge is 2.10. The molecule has 0 unspecified atom stereocenters. The largest absolute Gasteiger partial charge is 0.491 e. The topological polar surface area (TPSA) is 50.9 Å². The van der Waals surface area contributed by atoms with Crippen molar-refractivity contribution in [1.82, 2.24) is 14.4 Å². The monoisotopic (exact) mass is 193 g/mol. The maximum atomic E-state index is 9.34. The highest BCUT2D eigenvalue weighted by atomic mass is 32.1. The predicted molar refractivity (Wildman–Crippen MR) is 51.5 cm³/mol. The van der Waals surface area contributed by atoms with E-state index in [4.69, 9.17) is 0 Å². The fourth-order valence-corrected chi connectivity index (χ4v) is 1.35. The molecule has 0 aliphatic carbocycles. The summed E-state index contributed by atoms with van der Waals surface area (Å²) in [6.45, 7) is 0. The van der Waals surface area contributed by atoms with E-state index in [-0.39, 0.29) is 5.88 Å². The molecule has 0 saturated heterocycles. The molecule has 4 nitrogen and oxygen atoms in total. The third kappa shape index (κ3) is 1.38. The Bertz CT molecular complexity index is 393. The zero-order chi connectivity index (χ0) is 9.26. The van der Waals surface area contributed by atoms with Crippen molar-refractivity contribution in [3.05, 3.63) is 30.3 Å². The average molecular weight is 193 g/mol. The zero-order valence-corrected chi connectivity index (χ0v) is 7.52. The first-order valence-corrected chi connectivity index (χ1v) is 4.08. The molecule has 1 aromatic carbocycles. The van der Waals surface area contributed by atoms with Crippen LogP contribution < -0.4 is 0 Å². The van der Waals surface area contributed by atoms with Gasteiger partial charge in [-0.05, 0) is 12.8 Å². The van der Waals surface area contributed by atoms with Crippen molar-refractivity contribution in [3.63, 3.8) is 0 Å². The molecule has 13 heavy (non-hydrogen) atoms. The van der Waals surface area contributed by atoms with Gasteiger partial charge in [0, 0.05) is 5.56 Å². The molecule has 0 saturated carbocycles. The van der Waals surface area contributed by atoms with Crippen molar-refractivity contribution in [3.8, 4) is 17.1 Å². The normalized spacial score (nSPS) is 10.2. The van der Waals surface area contributed by atoms with Crippen molar-refractivity contribution in [2.45, 2.75) is 0 Å². The number of hydrogen-bond donors (Lipinski definition) is 2. The van der Waals surface area contributed by atoms with E-state index in [0.29, 0.717) is 5.69 Å². The standard InChI is InChI=1S/C8H7N3OS/c12-8-7(11(13)10-9-8)6-4-2-1-3-5-6/h1-5,12-13H. The molecule has 0 radical (unpaired) electrons. The Balaban J connectivity index is 2.59. The van der Waals surface area contributed by atoms with E-state index >= 15 is 0 Å². The van der Waals surface area contributed by atoms with Crippen LogP contribution in [-0.2, 0) is 0 Å². The summed E-state index contributed by atoms with van der Waals surface area (Å²) in [7, 11) is 0.